The summed E-state index contributed by atoms with van der Waals surface area (Å²) >= 11 is 0. The van der Waals surface area contributed by atoms with Gasteiger partial charge in [0.1, 0.15) is 17.6 Å². The van der Waals surface area contributed by atoms with Crippen molar-refractivity contribution in [3.05, 3.63) is 47.9 Å². The lowest BCUT2D eigenvalue weighted by Gasteiger charge is -2.33. The third-order valence-corrected chi connectivity index (χ3v) is 5.22. The molecule has 1 saturated heterocycles. The van der Waals surface area contributed by atoms with Gasteiger partial charge in [-0.15, -0.1) is 0 Å². The molecule has 2 N–H and O–H groups in total. The van der Waals surface area contributed by atoms with Gasteiger partial charge in [0.2, 0.25) is 0 Å². The highest BCUT2D eigenvalue weighted by molar-refractivity contribution is 5.79. The molecule has 0 radical (unpaired) electrons. The molecular formula is C23H34N4O4. The molecule has 8 heteroatoms. The van der Waals surface area contributed by atoms with E-state index in [0.29, 0.717) is 13.1 Å². The van der Waals surface area contributed by atoms with Gasteiger partial charge in [0.15, 0.2) is 17.5 Å². The maximum absolute atomic E-state index is 6.02. The first kappa shape index (κ1) is 23.0. The lowest BCUT2D eigenvalue weighted by Crippen LogP contribution is -2.47. The summed E-state index contributed by atoms with van der Waals surface area (Å²) in [6.07, 6.45) is -0.0717. The first-order chi connectivity index (χ1) is 15.1. The minimum Gasteiger partial charge on any atom is -0.493 e. The third kappa shape index (κ3) is 6.63. The average molecular weight is 431 g/mol. The second-order valence-corrected chi connectivity index (χ2v) is 7.53. The molecule has 0 aliphatic carbocycles. The van der Waals surface area contributed by atoms with Crippen LogP contribution in [0.2, 0.25) is 0 Å². The number of hydrogen-bond acceptors (Lipinski definition) is 6. The molecule has 8 nitrogen and oxygen atoms in total. The molecule has 0 spiro atoms. The fourth-order valence-electron chi connectivity index (χ4n) is 3.56. The molecule has 3 rings (SSSR count). The molecule has 1 aromatic carbocycles. The van der Waals surface area contributed by atoms with Crippen molar-refractivity contribution in [2.24, 2.45) is 4.99 Å². The van der Waals surface area contributed by atoms with Crippen LogP contribution in [0.3, 0.4) is 0 Å². The molecule has 170 valence electrons. The van der Waals surface area contributed by atoms with E-state index in [4.69, 9.17) is 18.6 Å². The van der Waals surface area contributed by atoms with E-state index in [2.05, 4.69) is 26.6 Å². The smallest absolute Gasteiger partial charge is 0.191 e. The van der Waals surface area contributed by atoms with Crippen LogP contribution in [0.15, 0.2) is 45.8 Å². The van der Waals surface area contributed by atoms with Gasteiger partial charge >= 0.3 is 0 Å². The summed E-state index contributed by atoms with van der Waals surface area (Å²) in [5, 5.41) is 6.77. The van der Waals surface area contributed by atoms with Crippen molar-refractivity contribution in [3.63, 3.8) is 0 Å². The molecule has 1 fully saturated rings. The number of morpholine rings is 1. The number of nitrogens with zero attached hydrogens (tertiary/aromatic N) is 2. The van der Waals surface area contributed by atoms with Crippen LogP contribution in [0.5, 0.6) is 11.5 Å². The lowest BCUT2D eigenvalue weighted by molar-refractivity contribution is 0.0124. The molecule has 2 atom stereocenters. The zero-order chi connectivity index (χ0) is 22.1. The fourth-order valence-corrected chi connectivity index (χ4v) is 3.56. The monoisotopic (exact) mass is 430 g/mol. The van der Waals surface area contributed by atoms with Crippen molar-refractivity contribution >= 4 is 5.96 Å². The van der Waals surface area contributed by atoms with E-state index < -0.39 is 0 Å². The molecule has 0 bridgehead atoms. The van der Waals surface area contributed by atoms with Gasteiger partial charge in [-0.2, -0.15) is 0 Å². The molecule has 1 aliphatic rings. The van der Waals surface area contributed by atoms with E-state index in [9.17, 15) is 0 Å². The largest absolute Gasteiger partial charge is 0.493 e. The first-order valence-corrected chi connectivity index (χ1v) is 10.7. The Morgan fingerprint density at radius 2 is 1.81 bits per heavy atom. The minimum atomic E-state index is -0.0717. The quantitative estimate of drug-likeness (QED) is 0.468. The number of hydrogen-bond donors (Lipinski definition) is 2. The maximum Gasteiger partial charge on any atom is 0.191 e. The van der Waals surface area contributed by atoms with Crippen LogP contribution >= 0.6 is 0 Å². The van der Waals surface area contributed by atoms with Crippen molar-refractivity contribution in [2.45, 2.75) is 26.0 Å². The van der Waals surface area contributed by atoms with Gasteiger partial charge < -0.3 is 29.3 Å². The average Bonchev–Trinajstić information content (AvgIpc) is 3.23. The van der Waals surface area contributed by atoms with Crippen molar-refractivity contribution in [3.8, 4) is 11.5 Å². The van der Waals surface area contributed by atoms with Crippen LogP contribution in [0.25, 0.3) is 0 Å². The number of rotatable bonds is 9. The molecule has 31 heavy (non-hydrogen) atoms. The van der Waals surface area contributed by atoms with Crippen molar-refractivity contribution < 1.29 is 18.6 Å². The zero-order valence-corrected chi connectivity index (χ0v) is 18.9. The molecule has 0 amide bonds. The van der Waals surface area contributed by atoms with Crippen LogP contribution < -0.4 is 20.1 Å². The highest BCUT2D eigenvalue weighted by Gasteiger charge is 2.25. The SMILES string of the molecule is CN=C(NCC(C)Oc1ccccc1OC)NCC(c1ccc(C)o1)N1CCOCC1. The Bertz CT molecular complexity index is 832. The zero-order valence-electron chi connectivity index (χ0n) is 18.9. The van der Waals surface area contributed by atoms with Crippen molar-refractivity contribution in [1.82, 2.24) is 15.5 Å². The van der Waals surface area contributed by atoms with Crippen LogP contribution in [0.4, 0.5) is 0 Å². The van der Waals surface area contributed by atoms with Gasteiger partial charge in [0.25, 0.3) is 0 Å². The topological polar surface area (TPSA) is 80.5 Å². The second-order valence-electron chi connectivity index (χ2n) is 7.53. The van der Waals surface area contributed by atoms with Gasteiger partial charge in [-0.05, 0) is 38.1 Å². The Morgan fingerprint density at radius 1 is 1.10 bits per heavy atom. The predicted octanol–water partition coefficient (Wildman–Crippen LogP) is 2.60. The standard InChI is InChI=1S/C23H34N4O4/c1-17-9-10-20(30-17)19(27-11-13-29-14-12-27)16-26-23(24-3)25-15-18(2)31-22-8-6-5-7-21(22)28-4/h5-10,18-19H,11-16H2,1-4H3,(H2,24,25,26). The van der Waals surface area contributed by atoms with Crippen molar-refractivity contribution in [2.75, 3.05) is 53.6 Å². The van der Waals surface area contributed by atoms with E-state index >= 15 is 0 Å². The van der Waals surface area contributed by atoms with Crippen LogP contribution in [0.1, 0.15) is 24.5 Å². The van der Waals surface area contributed by atoms with Crippen LogP contribution in [-0.2, 0) is 4.74 Å². The Labute approximate surface area is 184 Å². The highest BCUT2D eigenvalue weighted by atomic mass is 16.5. The molecule has 0 saturated carbocycles. The summed E-state index contributed by atoms with van der Waals surface area (Å²) < 4.78 is 22.8. The van der Waals surface area contributed by atoms with E-state index in [1.165, 1.54) is 0 Å². The summed E-state index contributed by atoms with van der Waals surface area (Å²) in [6.45, 7) is 8.48. The fraction of sp³-hybridized carbons (Fsp3) is 0.522. The summed E-state index contributed by atoms with van der Waals surface area (Å²) in [5.41, 5.74) is 0. The van der Waals surface area contributed by atoms with Gasteiger partial charge in [-0.1, -0.05) is 12.1 Å². The Hall–Kier alpha value is -2.71. The molecule has 1 aromatic heterocycles. The number of guanidine groups is 1. The molecule has 2 aromatic rings. The number of benzene rings is 1. The number of aryl methyl sites for hydroxylation is 1. The highest BCUT2D eigenvalue weighted by Crippen LogP contribution is 2.26. The van der Waals surface area contributed by atoms with Gasteiger partial charge in [0, 0.05) is 26.7 Å². The maximum atomic E-state index is 6.02. The van der Waals surface area contributed by atoms with Gasteiger partial charge in [-0.3, -0.25) is 9.89 Å². The van der Waals surface area contributed by atoms with E-state index in [1.807, 2.05) is 44.2 Å². The number of aliphatic imine (C=N–C) groups is 1. The lowest BCUT2D eigenvalue weighted by atomic mass is 10.1. The van der Waals surface area contributed by atoms with E-state index in [0.717, 1.165) is 55.3 Å². The summed E-state index contributed by atoms with van der Waals surface area (Å²) in [4.78, 5) is 6.74. The van der Waals surface area contributed by atoms with Gasteiger partial charge in [0.05, 0.1) is 32.9 Å². The van der Waals surface area contributed by atoms with Crippen LogP contribution in [0, 0.1) is 6.92 Å². The number of furan rings is 1. The number of para-hydroxylation sites is 2. The number of nitrogens with one attached hydrogen (secondary N) is 2. The molecule has 2 unspecified atom stereocenters. The summed E-state index contributed by atoms with van der Waals surface area (Å²) in [7, 11) is 3.41. The summed E-state index contributed by atoms with van der Waals surface area (Å²) in [6, 6.07) is 11.8. The molecule has 2 heterocycles. The van der Waals surface area contributed by atoms with E-state index in [-0.39, 0.29) is 12.1 Å². The Balaban J connectivity index is 1.54. The normalized spacial score (nSPS) is 17.1. The number of ether oxygens (including phenoxy) is 3. The van der Waals surface area contributed by atoms with Crippen LogP contribution in [-0.4, -0.2) is 70.5 Å². The van der Waals surface area contributed by atoms with Crippen molar-refractivity contribution in [1.29, 1.82) is 0 Å². The summed E-state index contributed by atoms with van der Waals surface area (Å²) in [5.74, 6) is 4.03. The Morgan fingerprint density at radius 3 is 2.45 bits per heavy atom. The molecule has 1 aliphatic heterocycles. The second kappa shape index (κ2) is 11.6. The van der Waals surface area contributed by atoms with E-state index in [1.54, 1.807) is 14.2 Å². The minimum absolute atomic E-state index is 0.0717. The first-order valence-electron chi connectivity index (χ1n) is 10.7. The molecular weight excluding hydrogens is 396 g/mol. The van der Waals surface area contributed by atoms with Gasteiger partial charge in [-0.25, -0.2) is 0 Å². The number of methoxy groups -OCH3 is 1. The predicted molar refractivity (Wildman–Crippen MR) is 121 cm³/mol. The third-order valence-electron chi connectivity index (χ3n) is 5.22. The Kier molecular flexibility index (Phi) is 8.61.